The predicted octanol–water partition coefficient (Wildman–Crippen LogP) is 2.13. The molecule has 2 amide bonds. The lowest BCUT2D eigenvalue weighted by Crippen LogP contribution is -2.68. The molecule has 11 nitrogen and oxygen atoms in total. The number of ether oxygens (including phenoxy) is 1. The zero-order chi connectivity index (χ0) is 24.3. The van der Waals surface area contributed by atoms with Crippen LogP contribution in [0.15, 0.2) is 29.3 Å². The molecule has 4 heterocycles. The molecule has 2 fully saturated rings. The van der Waals surface area contributed by atoms with E-state index in [-0.39, 0.29) is 23.5 Å². The molecule has 3 aromatic rings. The van der Waals surface area contributed by atoms with Crippen molar-refractivity contribution in [2.75, 3.05) is 19.6 Å². The summed E-state index contributed by atoms with van der Waals surface area (Å²) in [6, 6.07) is 3.41. The van der Waals surface area contributed by atoms with Crippen LogP contribution in [-0.4, -0.2) is 77.0 Å². The second-order valence-electron chi connectivity index (χ2n) is 10.1. The van der Waals surface area contributed by atoms with Gasteiger partial charge in [0, 0.05) is 25.8 Å². The van der Waals surface area contributed by atoms with Crippen LogP contribution in [0.5, 0.6) is 0 Å². The predicted molar refractivity (Wildman–Crippen MR) is 123 cm³/mol. The maximum absolute atomic E-state index is 13.7. The number of H-pyrrole nitrogens is 1. The van der Waals surface area contributed by atoms with Crippen LogP contribution in [0, 0.1) is 6.92 Å². The molecule has 11 heteroatoms. The summed E-state index contributed by atoms with van der Waals surface area (Å²) in [4.78, 5) is 45.0. The van der Waals surface area contributed by atoms with Crippen molar-refractivity contribution >= 4 is 17.5 Å². The van der Waals surface area contributed by atoms with Crippen molar-refractivity contribution in [3.63, 3.8) is 0 Å². The lowest BCUT2D eigenvalue weighted by Gasteiger charge is -2.55. The van der Waals surface area contributed by atoms with E-state index in [1.165, 1.54) is 15.4 Å². The normalized spacial score (nSPS) is 17.8. The fraction of sp³-hybridized carbons (Fsp3) is 0.522. The molecule has 5 rings (SSSR count). The summed E-state index contributed by atoms with van der Waals surface area (Å²) < 4.78 is 8.51. The van der Waals surface area contributed by atoms with Crippen LogP contribution in [0.4, 0.5) is 4.79 Å². The van der Waals surface area contributed by atoms with E-state index in [0.717, 1.165) is 19.3 Å². The van der Waals surface area contributed by atoms with Gasteiger partial charge in [-0.3, -0.25) is 14.6 Å². The molecule has 1 spiro atoms. The second-order valence-corrected chi connectivity index (χ2v) is 10.1. The Hall–Kier alpha value is -3.63. The number of aromatic nitrogens is 5. The van der Waals surface area contributed by atoms with Crippen molar-refractivity contribution in [1.29, 1.82) is 0 Å². The highest BCUT2D eigenvalue weighted by Crippen LogP contribution is 2.41. The lowest BCUT2D eigenvalue weighted by atomic mass is 9.73. The van der Waals surface area contributed by atoms with E-state index in [0.29, 0.717) is 36.4 Å². The zero-order valence-corrected chi connectivity index (χ0v) is 19.9. The third-order valence-corrected chi connectivity index (χ3v) is 6.66. The maximum Gasteiger partial charge on any atom is 0.410 e. The van der Waals surface area contributed by atoms with Crippen LogP contribution in [0.1, 0.15) is 56.1 Å². The molecular formula is C23H29N7O4. The molecule has 3 aromatic heterocycles. The first-order chi connectivity index (χ1) is 16.1. The SMILES string of the molecule is Cc1c(C(=O)N2CCN(C(=O)OC(C)(C)C)CC23CCC3)cnn1-c1nn2cccc2c(=O)[nH]1. The molecule has 180 valence electrons. The topological polar surface area (TPSA) is 118 Å². The van der Waals surface area contributed by atoms with Crippen molar-refractivity contribution in [1.82, 2.24) is 34.2 Å². The lowest BCUT2D eigenvalue weighted by molar-refractivity contribution is -0.0464. The Morgan fingerprint density at radius 1 is 1.21 bits per heavy atom. The van der Waals surface area contributed by atoms with Crippen LogP contribution < -0.4 is 5.56 Å². The highest BCUT2D eigenvalue weighted by Gasteiger charge is 2.50. The number of carbonyl (C=O) groups is 2. The van der Waals surface area contributed by atoms with Crippen molar-refractivity contribution in [2.24, 2.45) is 0 Å². The summed E-state index contributed by atoms with van der Waals surface area (Å²) in [7, 11) is 0. The number of fused-ring (bicyclic) bond motifs is 1. The van der Waals surface area contributed by atoms with E-state index < -0.39 is 11.1 Å². The number of hydrogen-bond acceptors (Lipinski definition) is 6. The Labute approximate surface area is 196 Å². The van der Waals surface area contributed by atoms with Gasteiger partial charge in [-0.2, -0.15) is 5.10 Å². The van der Waals surface area contributed by atoms with Gasteiger partial charge in [0.25, 0.3) is 11.5 Å². The Kier molecular flexibility index (Phi) is 5.03. The van der Waals surface area contributed by atoms with Gasteiger partial charge >= 0.3 is 6.09 Å². The van der Waals surface area contributed by atoms with Gasteiger partial charge in [0.2, 0.25) is 5.95 Å². The summed E-state index contributed by atoms with van der Waals surface area (Å²) >= 11 is 0. The van der Waals surface area contributed by atoms with Crippen LogP contribution >= 0.6 is 0 Å². The highest BCUT2D eigenvalue weighted by atomic mass is 16.6. The summed E-state index contributed by atoms with van der Waals surface area (Å²) in [6.45, 7) is 8.62. The monoisotopic (exact) mass is 467 g/mol. The molecule has 1 saturated carbocycles. The smallest absolute Gasteiger partial charge is 0.410 e. The van der Waals surface area contributed by atoms with Gasteiger partial charge in [0.15, 0.2) is 0 Å². The van der Waals surface area contributed by atoms with Crippen molar-refractivity contribution in [3.8, 4) is 5.95 Å². The van der Waals surface area contributed by atoms with Crippen LogP contribution in [-0.2, 0) is 4.74 Å². The Morgan fingerprint density at radius 2 is 1.97 bits per heavy atom. The van der Waals surface area contributed by atoms with Crippen LogP contribution in [0.2, 0.25) is 0 Å². The molecule has 1 aliphatic heterocycles. The van der Waals surface area contributed by atoms with Gasteiger partial charge in [-0.05, 0) is 59.1 Å². The molecule has 1 aliphatic carbocycles. The van der Waals surface area contributed by atoms with E-state index in [1.807, 2.05) is 25.7 Å². The van der Waals surface area contributed by atoms with E-state index in [4.69, 9.17) is 4.74 Å². The summed E-state index contributed by atoms with van der Waals surface area (Å²) in [6.07, 6.45) is 5.54. The quantitative estimate of drug-likeness (QED) is 0.617. The number of hydrogen-bond donors (Lipinski definition) is 1. The first kappa shape index (κ1) is 22.2. The Balaban J connectivity index is 1.40. The van der Waals surface area contributed by atoms with E-state index in [1.54, 1.807) is 30.2 Å². The Morgan fingerprint density at radius 3 is 2.65 bits per heavy atom. The molecule has 34 heavy (non-hydrogen) atoms. The van der Waals surface area contributed by atoms with Gasteiger partial charge < -0.3 is 14.5 Å². The second kappa shape index (κ2) is 7.71. The fourth-order valence-electron chi connectivity index (χ4n) is 4.80. The van der Waals surface area contributed by atoms with Crippen molar-refractivity contribution in [2.45, 2.75) is 58.1 Å². The molecule has 2 aliphatic rings. The molecule has 1 N–H and O–H groups in total. The van der Waals surface area contributed by atoms with Gasteiger partial charge in [-0.25, -0.2) is 14.0 Å². The summed E-state index contributed by atoms with van der Waals surface area (Å²) in [5.41, 5.74) is 0.221. The average Bonchev–Trinajstić information content (AvgIpc) is 3.37. The molecule has 0 bridgehead atoms. The average molecular weight is 468 g/mol. The van der Waals surface area contributed by atoms with Gasteiger partial charge in [-0.15, -0.1) is 5.10 Å². The van der Waals surface area contributed by atoms with Crippen molar-refractivity contribution in [3.05, 3.63) is 46.1 Å². The van der Waals surface area contributed by atoms with E-state index >= 15 is 0 Å². The minimum absolute atomic E-state index is 0.128. The van der Waals surface area contributed by atoms with Gasteiger partial charge in [0.05, 0.1) is 23.0 Å². The minimum Gasteiger partial charge on any atom is -0.444 e. The number of carbonyl (C=O) groups excluding carboxylic acids is 2. The number of rotatable bonds is 2. The molecular weight excluding hydrogens is 438 g/mol. The van der Waals surface area contributed by atoms with Crippen molar-refractivity contribution < 1.29 is 14.3 Å². The third-order valence-electron chi connectivity index (χ3n) is 6.66. The number of nitrogens with one attached hydrogen (secondary N) is 1. The first-order valence-corrected chi connectivity index (χ1v) is 11.5. The van der Waals surface area contributed by atoms with E-state index in [9.17, 15) is 14.4 Å². The molecule has 0 atom stereocenters. The largest absolute Gasteiger partial charge is 0.444 e. The molecule has 0 unspecified atom stereocenters. The highest BCUT2D eigenvalue weighted by molar-refractivity contribution is 5.96. The standard InChI is InChI=1S/C23H29N7O4/c1-15-16(13-24-30(15)20-25-18(31)17-7-5-10-29(17)26-20)19(32)28-12-11-27(14-23(28)8-6-9-23)21(33)34-22(2,3)4/h5,7,10,13H,6,8-9,11-12,14H2,1-4H3,(H,25,26,31). The fourth-order valence-corrected chi connectivity index (χ4v) is 4.80. The molecule has 1 saturated heterocycles. The third kappa shape index (κ3) is 3.64. The maximum atomic E-state index is 13.7. The molecule has 0 radical (unpaired) electrons. The number of amides is 2. The van der Waals surface area contributed by atoms with Gasteiger partial charge in [0.1, 0.15) is 11.1 Å². The molecule has 0 aromatic carbocycles. The number of nitrogens with zero attached hydrogens (tertiary/aromatic N) is 6. The number of piperazine rings is 1. The van der Waals surface area contributed by atoms with Crippen LogP contribution in [0.3, 0.4) is 0 Å². The minimum atomic E-state index is -0.568. The summed E-state index contributed by atoms with van der Waals surface area (Å²) in [5, 5.41) is 8.75. The van der Waals surface area contributed by atoms with Gasteiger partial charge in [-0.1, -0.05) is 0 Å². The first-order valence-electron chi connectivity index (χ1n) is 11.5. The summed E-state index contributed by atoms with van der Waals surface area (Å²) in [5.74, 6) is 0.107. The van der Waals surface area contributed by atoms with Crippen LogP contribution in [0.25, 0.3) is 11.5 Å². The number of aromatic amines is 1. The van der Waals surface area contributed by atoms with E-state index in [2.05, 4.69) is 15.2 Å². The Bertz CT molecular complexity index is 1330. The zero-order valence-electron chi connectivity index (χ0n) is 19.9.